The van der Waals surface area contributed by atoms with Crippen LogP contribution in [0.15, 0.2) is 34.9 Å². The lowest BCUT2D eigenvalue weighted by atomic mass is 10.3. The van der Waals surface area contributed by atoms with Crippen molar-refractivity contribution in [2.45, 2.75) is 17.6 Å². The van der Waals surface area contributed by atoms with E-state index < -0.39 is 11.7 Å². The van der Waals surface area contributed by atoms with Crippen molar-refractivity contribution in [2.24, 2.45) is 0 Å². The number of hydrogen-bond acceptors (Lipinski definition) is 7. The van der Waals surface area contributed by atoms with Gasteiger partial charge < -0.3 is 10.1 Å². The van der Waals surface area contributed by atoms with E-state index in [9.17, 15) is 13.6 Å². The van der Waals surface area contributed by atoms with Crippen molar-refractivity contribution in [3.8, 4) is 6.07 Å². The number of nitriles is 1. The maximum Gasteiger partial charge on any atom is 0.350 e. The van der Waals surface area contributed by atoms with E-state index in [1.807, 2.05) is 0 Å². The Hall–Kier alpha value is -2.18. The summed E-state index contributed by atoms with van der Waals surface area (Å²) in [6.45, 7) is 1.81. The van der Waals surface area contributed by atoms with Crippen LogP contribution in [0.5, 0.6) is 0 Å². The zero-order valence-corrected chi connectivity index (χ0v) is 13.5. The zero-order valence-electron chi connectivity index (χ0n) is 11.9. The third-order valence-corrected chi connectivity index (χ3v) is 4.19. The maximum absolute atomic E-state index is 12.4. The molecule has 1 aromatic carbocycles. The number of aromatic nitrogens is 1. The molecule has 9 heteroatoms. The number of nitrogens with one attached hydrogen (secondary N) is 1. The third-order valence-electron chi connectivity index (χ3n) is 2.54. The smallest absolute Gasteiger partial charge is 0.350 e. The fourth-order valence-corrected chi connectivity index (χ4v) is 3.11. The average molecular weight is 355 g/mol. The predicted molar refractivity (Wildman–Crippen MR) is 85.4 cm³/mol. The van der Waals surface area contributed by atoms with Crippen LogP contribution in [0.2, 0.25) is 0 Å². The molecule has 120 valence electrons. The number of thioether (sulfide) groups is 1. The number of benzene rings is 1. The Balaban J connectivity index is 2.17. The SMILES string of the molecule is CCOC(=O)C(C#N)=CNc1nc2ccc(SC(F)F)cc2s1. The first kappa shape index (κ1) is 17.2. The van der Waals surface area contributed by atoms with E-state index in [1.165, 1.54) is 17.5 Å². The molecule has 0 amide bonds. The molecule has 1 heterocycles. The molecule has 0 aliphatic carbocycles. The first-order valence-electron chi connectivity index (χ1n) is 6.42. The van der Waals surface area contributed by atoms with Gasteiger partial charge in [0.05, 0.1) is 16.8 Å². The van der Waals surface area contributed by atoms with Crippen molar-refractivity contribution in [1.29, 1.82) is 5.26 Å². The highest BCUT2D eigenvalue weighted by atomic mass is 32.2. The highest BCUT2D eigenvalue weighted by Crippen LogP contribution is 2.32. The summed E-state index contributed by atoms with van der Waals surface area (Å²) in [5.74, 6) is -3.21. The number of carbonyl (C=O) groups is 1. The summed E-state index contributed by atoms with van der Waals surface area (Å²) in [6, 6.07) is 6.56. The number of hydrogen-bond donors (Lipinski definition) is 1. The summed E-state index contributed by atoms with van der Waals surface area (Å²) in [4.78, 5) is 16.2. The number of halogens is 2. The van der Waals surface area contributed by atoms with Gasteiger partial charge in [0.1, 0.15) is 6.07 Å². The number of alkyl halides is 2. The third kappa shape index (κ3) is 4.64. The number of carbonyl (C=O) groups excluding carboxylic acids is 1. The van der Waals surface area contributed by atoms with Crippen LogP contribution in [0.25, 0.3) is 10.2 Å². The molecule has 0 saturated carbocycles. The second-order valence-corrected chi connectivity index (χ2v) is 6.16. The van der Waals surface area contributed by atoms with Gasteiger partial charge in [0.25, 0.3) is 5.76 Å². The van der Waals surface area contributed by atoms with E-state index in [1.54, 1.807) is 31.2 Å². The molecule has 2 aromatic rings. The Morgan fingerprint density at radius 3 is 3.04 bits per heavy atom. The summed E-state index contributed by atoms with van der Waals surface area (Å²) in [7, 11) is 0. The number of fused-ring (bicyclic) bond motifs is 1. The molecule has 1 aromatic heterocycles. The predicted octanol–water partition coefficient (Wildman–Crippen LogP) is 3.99. The summed E-state index contributed by atoms with van der Waals surface area (Å²) in [6.07, 6.45) is 1.21. The van der Waals surface area contributed by atoms with Crippen LogP contribution in [0, 0.1) is 11.3 Å². The highest BCUT2D eigenvalue weighted by Gasteiger charge is 2.11. The van der Waals surface area contributed by atoms with Gasteiger partial charge in [-0.05, 0) is 25.1 Å². The number of anilines is 1. The van der Waals surface area contributed by atoms with Crippen molar-refractivity contribution in [3.05, 3.63) is 30.0 Å². The van der Waals surface area contributed by atoms with Crippen molar-refractivity contribution in [3.63, 3.8) is 0 Å². The van der Waals surface area contributed by atoms with Gasteiger partial charge in [0.2, 0.25) is 0 Å². The van der Waals surface area contributed by atoms with E-state index in [0.717, 1.165) is 4.70 Å². The topological polar surface area (TPSA) is 75.0 Å². The van der Waals surface area contributed by atoms with Crippen LogP contribution in [0.1, 0.15) is 6.92 Å². The summed E-state index contributed by atoms with van der Waals surface area (Å²) >= 11 is 1.69. The normalized spacial score (nSPS) is 11.5. The van der Waals surface area contributed by atoms with Gasteiger partial charge in [-0.1, -0.05) is 23.1 Å². The molecule has 23 heavy (non-hydrogen) atoms. The molecule has 5 nitrogen and oxygen atoms in total. The van der Waals surface area contributed by atoms with Gasteiger partial charge in [0.15, 0.2) is 10.7 Å². The summed E-state index contributed by atoms with van der Waals surface area (Å²) in [5, 5.41) is 12.1. The fraction of sp³-hybridized carbons (Fsp3) is 0.214. The standard InChI is InChI=1S/C14H11F2N3O2S2/c1-2-21-12(20)8(6-17)7-18-14-19-10-4-3-9(22-13(15)16)5-11(10)23-14/h3-5,7,13H,2H2,1H3,(H,18,19). The van der Waals surface area contributed by atoms with E-state index in [-0.39, 0.29) is 12.2 Å². The second-order valence-electron chi connectivity index (χ2n) is 4.06. The lowest BCUT2D eigenvalue weighted by molar-refractivity contribution is -0.138. The van der Waals surface area contributed by atoms with Crippen LogP contribution in [0.4, 0.5) is 13.9 Å². The lowest BCUT2D eigenvalue weighted by Crippen LogP contribution is -2.07. The molecule has 2 rings (SSSR count). The number of thiazole rings is 1. The lowest BCUT2D eigenvalue weighted by Gasteiger charge is -1.99. The van der Waals surface area contributed by atoms with Crippen LogP contribution in [-0.4, -0.2) is 23.3 Å². The van der Waals surface area contributed by atoms with Gasteiger partial charge in [-0.3, -0.25) is 0 Å². The van der Waals surface area contributed by atoms with Crippen molar-refractivity contribution >= 4 is 44.4 Å². The zero-order chi connectivity index (χ0) is 16.8. The van der Waals surface area contributed by atoms with Crippen LogP contribution in [-0.2, 0) is 9.53 Å². The minimum absolute atomic E-state index is 0.170. The number of ether oxygens (including phenoxy) is 1. The van der Waals surface area contributed by atoms with Crippen LogP contribution < -0.4 is 5.32 Å². The Bertz CT molecular complexity index is 784. The monoisotopic (exact) mass is 355 g/mol. The van der Waals surface area contributed by atoms with Gasteiger partial charge in [0, 0.05) is 11.1 Å². The number of nitrogens with zero attached hydrogens (tertiary/aromatic N) is 2. The molecule has 0 saturated heterocycles. The molecule has 0 atom stereocenters. The Labute approximate surface area is 139 Å². The number of esters is 1. The number of rotatable bonds is 6. The Kier molecular flexibility index (Phi) is 5.90. The van der Waals surface area contributed by atoms with Crippen molar-refractivity contribution in [1.82, 2.24) is 4.98 Å². The molecule has 0 spiro atoms. The van der Waals surface area contributed by atoms with E-state index in [2.05, 4.69) is 10.3 Å². The van der Waals surface area contributed by atoms with Crippen molar-refractivity contribution < 1.29 is 18.3 Å². The van der Waals surface area contributed by atoms with E-state index in [4.69, 9.17) is 10.00 Å². The summed E-state index contributed by atoms with van der Waals surface area (Å²) < 4.78 is 30.2. The largest absolute Gasteiger partial charge is 0.462 e. The average Bonchev–Trinajstić information content (AvgIpc) is 2.89. The molecule has 0 aliphatic heterocycles. The van der Waals surface area contributed by atoms with Gasteiger partial charge in [-0.2, -0.15) is 14.0 Å². The van der Waals surface area contributed by atoms with E-state index in [0.29, 0.717) is 27.3 Å². The maximum atomic E-state index is 12.4. The molecule has 0 unspecified atom stereocenters. The van der Waals surface area contributed by atoms with Gasteiger partial charge in [-0.15, -0.1) is 0 Å². The molecule has 0 aliphatic rings. The summed E-state index contributed by atoms with van der Waals surface area (Å²) in [5.41, 5.74) is 0.458. The molecular formula is C14H11F2N3O2S2. The Morgan fingerprint density at radius 1 is 1.61 bits per heavy atom. The minimum atomic E-state index is -2.48. The van der Waals surface area contributed by atoms with Crippen LogP contribution >= 0.6 is 23.1 Å². The van der Waals surface area contributed by atoms with Crippen molar-refractivity contribution in [2.75, 3.05) is 11.9 Å². The molecular weight excluding hydrogens is 344 g/mol. The molecule has 0 radical (unpaired) electrons. The van der Waals surface area contributed by atoms with Gasteiger partial charge in [-0.25, -0.2) is 9.78 Å². The molecule has 0 fully saturated rings. The fourth-order valence-electron chi connectivity index (χ4n) is 1.62. The second kappa shape index (κ2) is 7.89. The molecule has 0 bridgehead atoms. The quantitative estimate of drug-likeness (QED) is 0.365. The minimum Gasteiger partial charge on any atom is -0.462 e. The van der Waals surface area contributed by atoms with Gasteiger partial charge >= 0.3 is 5.97 Å². The van der Waals surface area contributed by atoms with Crippen LogP contribution in [0.3, 0.4) is 0 Å². The first-order chi connectivity index (χ1) is 11.0. The first-order valence-corrected chi connectivity index (χ1v) is 8.12. The highest BCUT2D eigenvalue weighted by molar-refractivity contribution is 7.99. The molecule has 1 N–H and O–H groups in total. The Morgan fingerprint density at radius 2 is 2.39 bits per heavy atom. The van der Waals surface area contributed by atoms with E-state index >= 15 is 0 Å².